The molecule has 3 aliphatic heterocycles. The van der Waals surface area contributed by atoms with Crippen LogP contribution in [0.5, 0.6) is 0 Å². The van der Waals surface area contributed by atoms with Crippen molar-refractivity contribution in [3.8, 4) is 0 Å². The zero-order valence-electron chi connectivity index (χ0n) is 13.5. The van der Waals surface area contributed by atoms with Crippen LogP contribution in [0.25, 0.3) is 0 Å². The van der Waals surface area contributed by atoms with Crippen molar-refractivity contribution in [2.45, 2.75) is 51.7 Å². The van der Waals surface area contributed by atoms with Crippen molar-refractivity contribution in [2.24, 2.45) is 17.8 Å². The Morgan fingerprint density at radius 1 is 1.30 bits per heavy atom. The Kier molecular flexibility index (Phi) is 4.27. The van der Waals surface area contributed by atoms with Crippen LogP contribution in [-0.4, -0.2) is 41.4 Å². The van der Waals surface area contributed by atoms with Crippen molar-refractivity contribution in [2.75, 3.05) is 6.54 Å². The first-order valence-electron chi connectivity index (χ1n) is 8.43. The third kappa shape index (κ3) is 2.49. The van der Waals surface area contributed by atoms with Gasteiger partial charge in [0, 0.05) is 12.1 Å². The molecule has 2 amide bonds. The van der Waals surface area contributed by atoms with Gasteiger partial charge in [-0.15, -0.1) is 0 Å². The number of carboxylic acids is 1. The maximum Gasteiger partial charge on any atom is 0.236 e. The van der Waals surface area contributed by atoms with Gasteiger partial charge in [0.2, 0.25) is 11.8 Å². The van der Waals surface area contributed by atoms with Crippen molar-refractivity contribution in [3.05, 3.63) is 11.6 Å². The number of hydrogen-bond acceptors (Lipinski definition) is 5. The highest BCUT2D eigenvalue weighted by Crippen LogP contribution is 2.48. The summed E-state index contributed by atoms with van der Waals surface area (Å²) in [4.78, 5) is 37.8. The minimum Gasteiger partial charge on any atom is -0.545 e. The molecule has 0 aromatic carbocycles. The van der Waals surface area contributed by atoms with Gasteiger partial charge < -0.3 is 14.6 Å². The zero-order chi connectivity index (χ0) is 16.7. The van der Waals surface area contributed by atoms with Crippen molar-refractivity contribution in [1.82, 2.24) is 4.90 Å². The number of carboxylic acid groups (broad SMARTS) is 1. The van der Waals surface area contributed by atoms with Crippen LogP contribution < -0.4 is 5.11 Å². The Morgan fingerprint density at radius 2 is 2.00 bits per heavy atom. The molecule has 2 bridgehead atoms. The second-order valence-electron chi connectivity index (χ2n) is 6.69. The number of carbonyl (C=O) groups is 3. The SMILES string of the molecule is CCCCC(CC)CN1C(=O)C2C3C=C(C(=O)[O-])C(O3)C2C1=O. The summed E-state index contributed by atoms with van der Waals surface area (Å²) >= 11 is 0. The van der Waals surface area contributed by atoms with E-state index in [1.165, 1.54) is 11.0 Å². The summed E-state index contributed by atoms with van der Waals surface area (Å²) in [5.74, 6) is -2.75. The largest absolute Gasteiger partial charge is 0.545 e. The molecule has 5 atom stereocenters. The van der Waals surface area contributed by atoms with Crippen LogP contribution in [0.2, 0.25) is 0 Å². The maximum absolute atomic E-state index is 12.7. The Morgan fingerprint density at radius 3 is 2.61 bits per heavy atom. The van der Waals surface area contributed by atoms with E-state index in [4.69, 9.17) is 4.74 Å². The molecule has 3 rings (SSSR count). The summed E-state index contributed by atoms with van der Waals surface area (Å²) in [5.41, 5.74) is 0.0114. The highest BCUT2D eigenvalue weighted by atomic mass is 16.5. The first-order chi connectivity index (χ1) is 11.0. The lowest BCUT2D eigenvalue weighted by Crippen LogP contribution is -2.39. The van der Waals surface area contributed by atoms with Gasteiger partial charge in [0.25, 0.3) is 0 Å². The third-order valence-corrected chi connectivity index (χ3v) is 5.34. The number of nitrogens with zero attached hydrogens (tertiary/aromatic N) is 1. The number of imide groups is 1. The molecule has 0 N–H and O–H groups in total. The summed E-state index contributed by atoms with van der Waals surface area (Å²) in [6, 6.07) is 0. The number of fused-ring (bicyclic) bond motifs is 5. The van der Waals surface area contributed by atoms with Gasteiger partial charge in [0.15, 0.2) is 0 Å². The molecule has 0 radical (unpaired) electrons. The van der Waals surface area contributed by atoms with E-state index in [0.717, 1.165) is 25.7 Å². The molecule has 5 unspecified atom stereocenters. The van der Waals surface area contributed by atoms with E-state index in [-0.39, 0.29) is 17.4 Å². The second kappa shape index (κ2) is 6.07. The fourth-order valence-corrected chi connectivity index (χ4v) is 4.00. The molecule has 6 heteroatoms. The number of hydrogen-bond donors (Lipinski definition) is 0. The second-order valence-corrected chi connectivity index (χ2v) is 6.69. The fraction of sp³-hybridized carbons (Fsp3) is 0.706. The number of ether oxygens (including phenoxy) is 1. The molecular formula is C17H22NO5-. The van der Waals surface area contributed by atoms with Crippen LogP contribution in [0.15, 0.2) is 11.6 Å². The summed E-state index contributed by atoms with van der Waals surface area (Å²) in [6.45, 7) is 4.61. The van der Waals surface area contributed by atoms with Gasteiger partial charge in [-0.3, -0.25) is 14.5 Å². The lowest BCUT2D eigenvalue weighted by atomic mass is 9.81. The molecule has 23 heavy (non-hydrogen) atoms. The molecule has 6 nitrogen and oxygen atoms in total. The fourth-order valence-electron chi connectivity index (χ4n) is 4.00. The molecular weight excluding hydrogens is 298 g/mol. The number of unbranched alkanes of at least 4 members (excludes halogenated alkanes) is 1. The average molecular weight is 320 g/mol. The first kappa shape index (κ1) is 16.2. The standard InChI is InChI=1S/C17H23NO5/c1-3-5-6-9(4-2)8-18-15(19)12-11-7-10(17(21)22)14(23-11)13(12)16(18)20/h7,9,11-14H,3-6,8H2,1-2H3,(H,21,22)/p-1. The van der Waals surface area contributed by atoms with Gasteiger partial charge in [-0.1, -0.05) is 33.1 Å². The Bertz CT molecular complexity index is 569. The molecule has 126 valence electrons. The monoisotopic (exact) mass is 320 g/mol. The van der Waals surface area contributed by atoms with Gasteiger partial charge in [-0.25, -0.2) is 0 Å². The average Bonchev–Trinajstić information content (AvgIpc) is 3.17. The third-order valence-electron chi connectivity index (χ3n) is 5.34. The number of likely N-dealkylation sites (tertiary alicyclic amines) is 1. The number of rotatable bonds is 7. The van der Waals surface area contributed by atoms with Gasteiger partial charge in [-0.2, -0.15) is 0 Å². The van der Waals surface area contributed by atoms with Gasteiger partial charge in [-0.05, 0) is 18.4 Å². The van der Waals surface area contributed by atoms with E-state index < -0.39 is 30.0 Å². The van der Waals surface area contributed by atoms with E-state index in [1.807, 2.05) is 0 Å². The molecule has 0 aromatic heterocycles. The molecule has 0 aromatic rings. The smallest absolute Gasteiger partial charge is 0.236 e. The highest BCUT2D eigenvalue weighted by Gasteiger charge is 2.62. The van der Waals surface area contributed by atoms with E-state index >= 15 is 0 Å². The van der Waals surface area contributed by atoms with Crippen LogP contribution in [0.1, 0.15) is 39.5 Å². The molecule has 3 heterocycles. The molecule has 0 aliphatic carbocycles. The van der Waals surface area contributed by atoms with Crippen molar-refractivity contribution in [1.29, 1.82) is 0 Å². The first-order valence-corrected chi connectivity index (χ1v) is 8.43. The summed E-state index contributed by atoms with van der Waals surface area (Å²) in [7, 11) is 0. The summed E-state index contributed by atoms with van der Waals surface area (Å²) in [5, 5.41) is 11.1. The van der Waals surface area contributed by atoms with Crippen molar-refractivity contribution in [3.63, 3.8) is 0 Å². The highest BCUT2D eigenvalue weighted by molar-refractivity contribution is 6.08. The van der Waals surface area contributed by atoms with E-state index in [9.17, 15) is 19.5 Å². The van der Waals surface area contributed by atoms with Crippen molar-refractivity contribution < 1.29 is 24.2 Å². The lowest BCUT2D eigenvalue weighted by molar-refractivity contribution is -0.300. The molecule has 0 spiro atoms. The van der Waals surface area contributed by atoms with Gasteiger partial charge >= 0.3 is 0 Å². The lowest BCUT2D eigenvalue weighted by Gasteiger charge is -2.23. The minimum atomic E-state index is -1.32. The van der Waals surface area contributed by atoms with Crippen molar-refractivity contribution >= 4 is 17.8 Å². The number of amides is 2. The molecule has 2 saturated heterocycles. The van der Waals surface area contributed by atoms with Crippen LogP contribution in [-0.2, 0) is 19.1 Å². The summed E-state index contributed by atoms with van der Waals surface area (Å²) < 4.78 is 5.52. The zero-order valence-corrected chi connectivity index (χ0v) is 13.5. The Balaban J connectivity index is 1.75. The van der Waals surface area contributed by atoms with E-state index in [2.05, 4.69) is 13.8 Å². The molecule has 0 saturated carbocycles. The molecule has 2 fully saturated rings. The molecule has 3 aliphatic rings. The Labute approximate surface area is 135 Å². The predicted molar refractivity (Wildman–Crippen MR) is 78.8 cm³/mol. The van der Waals surface area contributed by atoms with Gasteiger partial charge in [0.1, 0.15) is 0 Å². The summed E-state index contributed by atoms with van der Waals surface area (Å²) in [6.07, 6.45) is 4.07. The normalized spacial score (nSPS) is 33.1. The maximum atomic E-state index is 12.7. The van der Waals surface area contributed by atoms with E-state index in [0.29, 0.717) is 12.5 Å². The Hall–Kier alpha value is -1.69. The van der Waals surface area contributed by atoms with Crippen LogP contribution in [0.4, 0.5) is 0 Å². The number of carbonyl (C=O) groups excluding carboxylic acids is 3. The number of aliphatic carboxylic acids is 1. The topological polar surface area (TPSA) is 86.7 Å². The quantitative estimate of drug-likeness (QED) is 0.628. The van der Waals surface area contributed by atoms with Crippen LogP contribution in [0.3, 0.4) is 0 Å². The predicted octanol–water partition coefficient (Wildman–Crippen LogP) is 0.261. The van der Waals surface area contributed by atoms with Crippen LogP contribution >= 0.6 is 0 Å². The van der Waals surface area contributed by atoms with E-state index in [1.54, 1.807) is 0 Å². The minimum absolute atomic E-state index is 0.0114. The van der Waals surface area contributed by atoms with Gasteiger partial charge in [0.05, 0.1) is 30.0 Å². The van der Waals surface area contributed by atoms with Crippen LogP contribution in [0, 0.1) is 17.8 Å².